The molecular formula is C10H10BrN3O2. The van der Waals surface area contributed by atoms with E-state index in [1.807, 2.05) is 0 Å². The molecule has 0 radical (unpaired) electrons. The predicted octanol–water partition coefficient (Wildman–Crippen LogP) is 0.929. The number of hydrogen-bond donors (Lipinski definition) is 2. The Bertz CT molecular complexity index is 657. The second-order valence-electron chi connectivity index (χ2n) is 3.51. The van der Waals surface area contributed by atoms with E-state index in [0.29, 0.717) is 15.4 Å². The lowest BCUT2D eigenvalue weighted by Gasteiger charge is -2.09. The van der Waals surface area contributed by atoms with Crippen molar-refractivity contribution in [2.75, 3.05) is 0 Å². The largest absolute Gasteiger partial charge is 0.330 e. The Hall–Kier alpha value is -1.40. The van der Waals surface area contributed by atoms with Gasteiger partial charge in [0, 0.05) is 4.47 Å². The van der Waals surface area contributed by atoms with Gasteiger partial charge >= 0.3 is 5.69 Å². The highest BCUT2D eigenvalue weighted by molar-refractivity contribution is 9.10. The molecule has 0 saturated carbocycles. The number of nitrogens with zero attached hydrogens (tertiary/aromatic N) is 1. The molecule has 0 aliphatic carbocycles. The first-order chi connectivity index (χ1) is 7.52. The predicted molar refractivity (Wildman–Crippen MR) is 65.4 cm³/mol. The first-order valence-corrected chi connectivity index (χ1v) is 5.50. The zero-order chi connectivity index (χ0) is 11.9. The maximum Gasteiger partial charge on any atom is 0.330 e. The van der Waals surface area contributed by atoms with Gasteiger partial charge in [-0.25, -0.2) is 9.36 Å². The standard InChI is InChI=1S/C10H10BrN3O2/c1-5(12)14-9(15)8-6(11)3-2-4-7(8)13-10(14)16/h2-5H,12H2,1H3,(H,13,16). The van der Waals surface area contributed by atoms with Gasteiger partial charge in [-0.15, -0.1) is 0 Å². The molecule has 6 heteroatoms. The van der Waals surface area contributed by atoms with E-state index in [0.717, 1.165) is 4.57 Å². The Morgan fingerprint density at radius 1 is 1.44 bits per heavy atom. The Morgan fingerprint density at radius 2 is 2.12 bits per heavy atom. The lowest BCUT2D eigenvalue weighted by Crippen LogP contribution is -2.40. The minimum Gasteiger partial charge on any atom is -0.311 e. The summed E-state index contributed by atoms with van der Waals surface area (Å²) >= 11 is 3.28. The summed E-state index contributed by atoms with van der Waals surface area (Å²) in [4.78, 5) is 26.3. The third kappa shape index (κ3) is 1.60. The molecule has 1 unspecified atom stereocenters. The van der Waals surface area contributed by atoms with Crippen LogP contribution in [0.5, 0.6) is 0 Å². The fourth-order valence-corrected chi connectivity index (χ4v) is 2.14. The summed E-state index contributed by atoms with van der Waals surface area (Å²) < 4.78 is 1.63. The van der Waals surface area contributed by atoms with Gasteiger partial charge in [0.1, 0.15) is 0 Å². The SMILES string of the molecule is CC(N)n1c(=O)[nH]c2cccc(Br)c2c1=O. The second kappa shape index (κ2) is 3.88. The highest BCUT2D eigenvalue weighted by atomic mass is 79.9. The molecule has 1 aromatic carbocycles. The van der Waals surface area contributed by atoms with E-state index >= 15 is 0 Å². The molecule has 0 fully saturated rings. The molecule has 1 heterocycles. The topological polar surface area (TPSA) is 80.9 Å². The number of benzene rings is 1. The molecule has 0 aliphatic heterocycles. The zero-order valence-corrected chi connectivity index (χ0v) is 10.1. The number of aromatic nitrogens is 2. The lowest BCUT2D eigenvalue weighted by atomic mass is 10.2. The number of nitrogens with one attached hydrogen (secondary N) is 1. The molecule has 84 valence electrons. The summed E-state index contributed by atoms with van der Waals surface area (Å²) in [5, 5.41) is 0.430. The number of halogens is 1. The smallest absolute Gasteiger partial charge is 0.311 e. The van der Waals surface area contributed by atoms with Crippen molar-refractivity contribution < 1.29 is 0 Å². The van der Waals surface area contributed by atoms with Crippen LogP contribution in [-0.4, -0.2) is 9.55 Å². The Balaban J connectivity index is 3.04. The fraction of sp³-hybridized carbons (Fsp3) is 0.200. The van der Waals surface area contributed by atoms with Crippen LogP contribution in [-0.2, 0) is 0 Å². The maximum absolute atomic E-state index is 12.0. The number of H-pyrrole nitrogens is 1. The number of hydrogen-bond acceptors (Lipinski definition) is 3. The van der Waals surface area contributed by atoms with Gasteiger partial charge < -0.3 is 10.7 Å². The molecule has 0 spiro atoms. The molecule has 2 aromatic rings. The van der Waals surface area contributed by atoms with Crippen LogP contribution in [0.25, 0.3) is 10.9 Å². The minimum absolute atomic E-state index is 0.388. The summed E-state index contributed by atoms with van der Waals surface area (Å²) in [6, 6.07) is 5.17. The molecule has 0 amide bonds. The van der Waals surface area contributed by atoms with Crippen LogP contribution in [0.15, 0.2) is 32.3 Å². The van der Waals surface area contributed by atoms with E-state index in [1.165, 1.54) is 0 Å². The molecule has 1 aromatic heterocycles. The Morgan fingerprint density at radius 3 is 2.75 bits per heavy atom. The highest BCUT2D eigenvalue weighted by Crippen LogP contribution is 2.17. The van der Waals surface area contributed by atoms with Crippen molar-refractivity contribution in [1.29, 1.82) is 0 Å². The van der Waals surface area contributed by atoms with Crippen molar-refractivity contribution >= 4 is 26.8 Å². The average molecular weight is 284 g/mol. The van der Waals surface area contributed by atoms with Crippen LogP contribution in [0.1, 0.15) is 13.1 Å². The van der Waals surface area contributed by atoms with E-state index < -0.39 is 11.9 Å². The molecule has 1 atom stereocenters. The molecule has 16 heavy (non-hydrogen) atoms. The first-order valence-electron chi connectivity index (χ1n) is 4.71. The van der Waals surface area contributed by atoms with E-state index in [2.05, 4.69) is 20.9 Å². The van der Waals surface area contributed by atoms with Crippen molar-refractivity contribution in [3.63, 3.8) is 0 Å². The number of aromatic amines is 1. The van der Waals surface area contributed by atoms with Crippen molar-refractivity contribution in [1.82, 2.24) is 9.55 Å². The van der Waals surface area contributed by atoms with Gasteiger partial charge in [-0.2, -0.15) is 0 Å². The van der Waals surface area contributed by atoms with Gasteiger partial charge in [0.15, 0.2) is 0 Å². The molecule has 2 rings (SSSR count). The third-order valence-corrected chi connectivity index (χ3v) is 2.97. The van der Waals surface area contributed by atoms with E-state index in [4.69, 9.17) is 5.73 Å². The highest BCUT2D eigenvalue weighted by Gasteiger charge is 2.11. The van der Waals surface area contributed by atoms with Gasteiger partial charge in [-0.3, -0.25) is 4.79 Å². The Kier molecular flexibility index (Phi) is 2.69. The van der Waals surface area contributed by atoms with Crippen LogP contribution in [0.2, 0.25) is 0 Å². The molecule has 0 saturated heterocycles. The first kappa shape index (κ1) is 11.1. The quantitative estimate of drug-likeness (QED) is 0.817. The van der Waals surface area contributed by atoms with Crippen molar-refractivity contribution in [2.45, 2.75) is 13.1 Å². The van der Waals surface area contributed by atoms with E-state index in [1.54, 1.807) is 25.1 Å². The molecule has 3 N–H and O–H groups in total. The van der Waals surface area contributed by atoms with Crippen LogP contribution in [0, 0.1) is 0 Å². The van der Waals surface area contributed by atoms with Crippen LogP contribution in [0.3, 0.4) is 0 Å². The van der Waals surface area contributed by atoms with Crippen molar-refractivity contribution in [2.24, 2.45) is 5.73 Å². The molecule has 5 nitrogen and oxygen atoms in total. The molecular weight excluding hydrogens is 274 g/mol. The number of rotatable bonds is 1. The van der Waals surface area contributed by atoms with E-state index in [-0.39, 0.29) is 5.56 Å². The number of fused-ring (bicyclic) bond motifs is 1. The van der Waals surface area contributed by atoms with Crippen molar-refractivity contribution in [3.8, 4) is 0 Å². The monoisotopic (exact) mass is 283 g/mol. The number of nitrogens with two attached hydrogens (primary N) is 1. The van der Waals surface area contributed by atoms with Gasteiger partial charge in [0.2, 0.25) is 0 Å². The van der Waals surface area contributed by atoms with Crippen LogP contribution >= 0.6 is 15.9 Å². The Labute approximate surface area is 99.0 Å². The average Bonchev–Trinajstić information content (AvgIpc) is 2.15. The second-order valence-corrected chi connectivity index (χ2v) is 4.36. The van der Waals surface area contributed by atoms with Gasteiger partial charge in [0.05, 0.1) is 17.1 Å². The summed E-state index contributed by atoms with van der Waals surface area (Å²) in [7, 11) is 0. The summed E-state index contributed by atoms with van der Waals surface area (Å²) in [6.07, 6.45) is -0.659. The van der Waals surface area contributed by atoms with Crippen LogP contribution < -0.4 is 17.0 Å². The molecule has 0 aliphatic rings. The van der Waals surface area contributed by atoms with Gasteiger partial charge in [0.25, 0.3) is 5.56 Å². The summed E-state index contributed by atoms with van der Waals surface area (Å²) in [6.45, 7) is 1.58. The fourth-order valence-electron chi connectivity index (χ4n) is 1.60. The lowest BCUT2D eigenvalue weighted by molar-refractivity contribution is 0.528. The van der Waals surface area contributed by atoms with Crippen LogP contribution in [0.4, 0.5) is 0 Å². The summed E-state index contributed by atoms with van der Waals surface area (Å²) in [5.74, 6) is 0. The van der Waals surface area contributed by atoms with Gasteiger partial charge in [-0.1, -0.05) is 6.07 Å². The molecule has 0 bridgehead atoms. The van der Waals surface area contributed by atoms with E-state index in [9.17, 15) is 9.59 Å². The minimum atomic E-state index is -0.659. The normalized spacial score (nSPS) is 12.9. The third-order valence-electron chi connectivity index (χ3n) is 2.31. The maximum atomic E-state index is 12.0. The zero-order valence-electron chi connectivity index (χ0n) is 8.53. The van der Waals surface area contributed by atoms with Crippen molar-refractivity contribution in [3.05, 3.63) is 43.5 Å². The van der Waals surface area contributed by atoms with Gasteiger partial charge in [-0.05, 0) is 35.0 Å². The summed E-state index contributed by atoms with van der Waals surface area (Å²) in [5.41, 5.74) is 5.20.